The molecule has 1 nitrogen and oxygen atoms in total. The molecule has 1 atom stereocenters. The topological polar surface area (TPSA) is 3.24 Å². The third kappa shape index (κ3) is 1.36. The van der Waals surface area contributed by atoms with Crippen LogP contribution in [0.25, 0.3) is 0 Å². The van der Waals surface area contributed by atoms with Crippen molar-refractivity contribution in [1.29, 1.82) is 0 Å². The lowest BCUT2D eigenvalue weighted by molar-refractivity contribution is 0.454. The number of hydrogen-bond acceptors (Lipinski definition) is 3. The van der Waals surface area contributed by atoms with Gasteiger partial charge in [-0.1, -0.05) is 0 Å². The molecule has 0 bridgehead atoms. The molecule has 0 amide bonds. The molecule has 0 aromatic carbocycles. The smallest absolute Gasteiger partial charge is 0.0806 e. The maximum Gasteiger partial charge on any atom is 0.0806 e. The molecule has 0 aliphatic carbocycles. The lowest BCUT2D eigenvalue weighted by Crippen LogP contribution is -2.25. The summed E-state index contributed by atoms with van der Waals surface area (Å²) in [6, 6.07) is 0. The van der Waals surface area contributed by atoms with Crippen LogP contribution in [0, 0.1) is 0 Å². The normalized spacial score (nSPS) is 28.8. The van der Waals surface area contributed by atoms with Crippen molar-refractivity contribution >= 4 is 24.4 Å². The molecule has 0 fully saturated rings. The quantitative estimate of drug-likeness (QED) is 0.516. The molecule has 0 N–H and O–H groups in total. The highest BCUT2D eigenvalue weighted by atomic mass is 32.2. The molecule has 1 unspecified atom stereocenters. The van der Waals surface area contributed by atoms with E-state index in [0.717, 1.165) is 5.75 Å². The summed E-state index contributed by atoms with van der Waals surface area (Å²) in [5.74, 6) is 1.09. The van der Waals surface area contributed by atoms with Crippen LogP contribution in [0.2, 0.25) is 0 Å². The standard InChI is InChI=1S/C5H9NS2/c1-6-2-3-8-4-5(6)7/h2-3,5,7H,4H2,1H3. The van der Waals surface area contributed by atoms with Gasteiger partial charge in [0.05, 0.1) is 5.37 Å². The summed E-state index contributed by atoms with van der Waals surface area (Å²) in [4.78, 5) is 2.10. The molecule has 8 heavy (non-hydrogen) atoms. The van der Waals surface area contributed by atoms with Gasteiger partial charge in [0.1, 0.15) is 0 Å². The molecular weight excluding hydrogens is 138 g/mol. The largest absolute Gasteiger partial charge is 0.367 e. The van der Waals surface area contributed by atoms with E-state index in [1.807, 2.05) is 25.0 Å². The summed E-state index contributed by atoms with van der Waals surface area (Å²) in [7, 11) is 2.04. The van der Waals surface area contributed by atoms with Gasteiger partial charge in [-0.15, -0.1) is 11.8 Å². The minimum absolute atomic E-state index is 0.407. The fourth-order valence-corrected chi connectivity index (χ4v) is 1.63. The predicted octanol–water partition coefficient (Wildman–Crippen LogP) is 1.39. The van der Waals surface area contributed by atoms with Crippen molar-refractivity contribution < 1.29 is 0 Å². The highest BCUT2D eigenvalue weighted by Gasteiger charge is 2.07. The summed E-state index contributed by atoms with van der Waals surface area (Å²) < 4.78 is 0. The van der Waals surface area contributed by atoms with E-state index in [-0.39, 0.29) is 0 Å². The minimum Gasteiger partial charge on any atom is -0.367 e. The van der Waals surface area contributed by atoms with Gasteiger partial charge in [0.25, 0.3) is 0 Å². The first-order valence-corrected chi connectivity index (χ1v) is 4.05. The van der Waals surface area contributed by atoms with Gasteiger partial charge < -0.3 is 4.90 Å². The highest BCUT2D eigenvalue weighted by Crippen LogP contribution is 2.17. The first-order valence-electron chi connectivity index (χ1n) is 2.49. The molecule has 1 heterocycles. The Kier molecular flexibility index (Phi) is 2.14. The van der Waals surface area contributed by atoms with E-state index in [0.29, 0.717) is 5.37 Å². The first-order chi connectivity index (χ1) is 3.80. The summed E-state index contributed by atoms with van der Waals surface area (Å²) in [6.07, 6.45) is 2.05. The summed E-state index contributed by atoms with van der Waals surface area (Å²) >= 11 is 6.12. The van der Waals surface area contributed by atoms with Gasteiger partial charge in [-0.25, -0.2) is 0 Å². The molecule has 0 saturated carbocycles. The van der Waals surface area contributed by atoms with Gasteiger partial charge in [-0.2, -0.15) is 12.6 Å². The van der Waals surface area contributed by atoms with Gasteiger partial charge in [-0.05, 0) is 5.41 Å². The first kappa shape index (κ1) is 6.36. The SMILES string of the molecule is CN1C=CSCC1S. The van der Waals surface area contributed by atoms with Crippen molar-refractivity contribution in [2.45, 2.75) is 5.37 Å². The monoisotopic (exact) mass is 147 g/mol. The zero-order valence-electron chi connectivity index (χ0n) is 4.74. The molecule has 0 aromatic heterocycles. The van der Waals surface area contributed by atoms with E-state index in [9.17, 15) is 0 Å². The van der Waals surface area contributed by atoms with E-state index in [4.69, 9.17) is 0 Å². The summed E-state index contributed by atoms with van der Waals surface area (Å²) in [6.45, 7) is 0. The Labute approximate surface area is 59.5 Å². The molecule has 3 heteroatoms. The molecule has 0 saturated heterocycles. The van der Waals surface area contributed by atoms with E-state index in [1.165, 1.54) is 0 Å². The lowest BCUT2D eigenvalue weighted by atomic mass is 10.6. The molecule has 46 valence electrons. The second-order valence-corrected chi connectivity index (χ2v) is 3.30. The maximum atomic E-state index is 4.31. The molecule has 1 aliphatic heterocycles. The minimum atomic E-state index is 0.407. The molecule has 0 radical (unpaired) electrons. The van der Waals surface area contributed by atoms with Crippen LogP contribution in [-0.2, 0) is 0 Å². The zero-order chi connectivity index (χ0) is 5.98. The average molecular weight is 147 g/mol. The Morgan fingerprint density at radius 3 is 3.00 bits per heavy atom. The van der Waals surface area contributed by atoms with Crippen LogP contribution in [0.1, 0.15) is 0 Å². The maximum absolute atomic E-state index is 4.31. The number of thiol groups is 1. The Morgan fingerprint density at radius 2 is 2.62 bits per heavy atom. The number of thioether (sulfide) groups is 1. The van der Waals surface area contributed by atoms with Crippen molar-refractivity contribution in [2.75, 3.05) is 12.8 Å². The van der Waals surface area contributed by atoms with Crippen LogP contribution >= 0.6 is 24.4 Å². The van der Waals surface area contributed by atoms with Gasteiger partial charge in [-0.3, -0.25) is 0 Å². The Morgan fingerprint density at radius 1 is 1.88 bits per heavy atom. The van der Waals surface area contributed by atoms with Crippen LogP contribution in [0.3, 0.4) is 0 Å². The third-order valence-electron chi connectivity index (χ3n) is 1.11. The highest BCUT2D eigenvalue weighted by molar-refractivity contribution is 8.02. The van der Waals surface area contributed by atoms with E-state index in [1.54, 1.807) is 0 Å². The zero-order valence-corrected chi connectivity index (χ0v) is 6.45. The number of nitrogens with zero attached hydrogens (tertiary/aromatic N) is 1. The Hall–Kier alpha value is 0.240. The van der Waals surface area contributed by atoms with Crippen molar-refractivity contribution in [3.63, 3.8) is 0 Å². The van der Waals surface area contributed by atoms with Crippen LogP contribution in [0.15, 0.2) is 11.6 Å². The van der Waals surface area contributed by atoms with Crippen LogP contribution in [0.5, 0.6) is 0 Å². The number of rotatable bonds is 0. The second kappa shape index (κ2) is 2.69. The lowest BCUT2D eigenvalue weighted by Gasteiger charge is -2.24. The fourth-order valence-electron chi connectivity index (χ4n) is 0.498. The van der Waals surface area contributed by atoms with E-state index < -0.39 is 0 Å². The van der Waals surface area contributed by atoms with Crippen molar-refractivity contribution in [2.24, 2.45) is 0 Å². The summed E-state index contributed by atoms with van der Waals surface area (Å²) in [5, 5.41) is 2.50. The van der Waals surface area contributed by atoms with E-state index in [2.05, 4.69) is 22.9 Å². The Balaban J connectivity index is 2.47. The molecular formula is C5H9NS2. The van der Waals surface area contributed by atoms with Gasteiger partial charge >= 0.3 is 0 Å². The Bertz CT molecular complexity index is 103. The third-order valence-corrected chi connectivity index (χ3v) is 2.72. The summed E-state index contributed by atoms with van der Waals surface area (Å²) in [5.41, 5.74) is 0. The van der Waals surface area contributed by atoms with Crippen LogP contribution in [-0.4, -0.2) is 23.1 Å². The van der Waals surface area contributed by atoms with Gasteiger partial charge in [0.15, 0.2) is 0 Å². The van der Waals surface area contributed by atoms with Crippen LogP contribution in [0.4, 0.5) is 0 Å². The van der Waals surface area contributed by atoms with Crippen molar-refractivity contribution in [3.8, 4) is 0 Å². The molecule has 0 aromatic rings. The van der Waals surface area contributed by atoms with E-state index >= 15 is 0 Å². The molecule has 0 spiro atoms. The molecule has 1 rings (SSSR count). The van der Waals surface area contributed by atoms with Gasteiger partial charge in [0.2, 0.25) is 0 Å². The van der Waals surface area contributed by atoms with Gasteiger partial charge in [0, 0.05) is 19.0 Å². The fraction of sp³-hybridized carbons (Fsp3) is 0.600. The molecule has 1 aliphatic rings. The van der Waals surface area contributed by atoms with Crippen molar-refractivity contribution in [1.82, 2.24) is 4.90 Å². The predicted molar refractivity (Wildman–Crippen MR) is 42.1 cm³/mol. The number of hydrogen-bond donors (Lipinski definition) is 1. The average Bonchev–Trinajstić information content (AvgIpc) is 1.77. The van der Waals surface area contributed by atoms with Crippen molar-refractivity contribution in [3.05, 3.63) is 11.6 Å². The second-order valence-electron chi connectivity index (χ2n) is 1.76. The van der Waals surface area contributed by atoms with Crippen LogP contribution < -0.4 is 0 Å².